The molecule has 2 unspecified atom stereocenters. The highest BCUT2D eigenvalue weighted by molar-refractivity contribution is 7.96. The number of rotatable bonds is 6. The highest BCUT2D eigenvalue weighted by Gasteiger charge is 2.63. The van der Waals surface area contributed by atoms with E-state index in [2.05, 4.69) is 36.4 Å². The van der Waals surface area contributed by atoms with Crippen molar-refractivity contribution in [3.8, 4) is 0 Å². The van der Waals surface area contributed by atoms with Crippen molar-refractivity contribution in [2.75, 3.05) is 10.8 Å². The quantitative estimate of drug-likeness (QED) is 0.260. The average molecular weight is 579 g/mol. The predicted molar refractivity (Wildman–Crippen MR) is 171 cm³/mol. The van der Waals surface area contributed by atoms with Crippen LogP contribution < -0.4 is 20.2 Å². The van der Waals surface area contributed by atoms with Gasteiger partial charge in [0.05, 0.1) is 17.1 Å². The van der Waals surface area contributed by atoms with Gasteiger partial charge in [-0.3, -0.25) is 4.31 Å². The van der Waals surface area contributed by atoms with E-state index in [0.29, 0.717) is 11.3 Å². The summed E-state index contributed by atoms with van der Waals surface area (Å²) in [5.41, 5.74) is 0.287. The lowest BCUT2D eigenvalue weighted by molar-refractivity contribution is 0.0518. The number of aliphatic hydroxyl groups is 1. The molecule has 1 aliphatic rings. The number of anilines is 1. The number of para-hydroxylation sites is 1. The second kappa shape index (κ2) is 10.6. The molecule has 206 valence electrons. The zero-order valence-electron chi connectivity index (χ0n) is 23.1. The molecule has 1 heterocycles. The van der Waals surface area contributed by atoms with Crippen LogP contribution in [0.4, 0.5) is 5.69 Å². The smallest absolute Gasteiger partial charge is 0.264 e. The van der Waals surface area contributed by atoms with Crippen molar-refractivity contribution >= 4 is 38.9 Å². The summed E-state index contributed by atoms with van der Waals surface area (Å²) in [4.78, 5) is 0.237. The van der Waals surface area contributed by atoms with Crippen molar-refractivity contribution in [3.05, 3.63) is 151 Å². The van der Waals surface area contributed by atoms with Crippen molar-refractivity contribution < 1.29 is 13.5 Å². The Morgan fingerprint density at radius 2 is 1.12 bits per heavy atom. The summed E-state index contributed by atoms with van der Waals surface area (Å²) in [5.74, 6) is 0. The zero-order chi connectivity index (χ0) is 28.7. The minimum atomic E-state index is -3.94. The highest BCUT2D eigenvalue weighted by Crippen LogP contribution is 2.66. The van der Waals surface area contributed by atoms with Crippen LogP contribution in [0.2, 0.25) is 0 Å². The van der Waals surface area contributed by atoms with Gasteiger partial charge in [0.1, 0.15) is 34.4 Å². The van der Waals surface area contributed by atoms with Crippen LogP contribution in [0.5, 0.6) is 0 Å². The summed E-state index contributed by atoms with van der Waals surface area (Å²) in [6.07, 6.45) is 0. The summed E-state index contributed by atoms with van der Waals surface area (Å²) in [5, 5.41) is 16.0. The van der Waals surface area contributed by atoms with E-state index < -0.39 is 28.5 Å². The summed E-state index contributed by atoms with van der Waals surface area (Å²) >= 11 is 0. The van der Waals surface area contributed by atoms with E-state index in [0.717, 1.165) is 21.5 Å². The van der Waals surface area contributed by atoms with Gasteiger partial charge in [-0.1, -0.05) is 90.5 Å². The molecule has 0 bridgehead atoms. The normalized spacial score (nSPS) is 19.0. The Kier molecular flexibility index (Phi) is 7.07. The summed E-state index contributed by atoms with van der Waals surface area (Å²) in [6, 6.07) is 45.3. The van der Waals surface area contributed by atoms with Gasteiger partial charge in [0.15, 0.2) is 0 Å². The second-order valence-electron chi connectivity index (χ2n) is 10.8. The Bertz CT molecular complexity index is 1660. The predicted octanol–water partition coefficient (Wildman–Crippen LogP) is 5.77. The van der Waals surface area contributed by atoms with Crippen LogP contribution in [0.3, 0.4) is 0 Å². The molecule has 0 spiro atoms. The molecular weight excluding hydrogens is 545 g/mol. The van der Waals surface area contributed by atoms with E-state index in [1.807, 2.05) is 98.8 Å². The molecule has 5 aromatic rings. The fraction of sp³-hybridized carbons (Fsp3) is 0.143. The Labute approximate surface area is 243 Å². The van der Waals surface area contributed by atoms with Gasteiger partial charge in [-0.25, -0.2) is 8.42 Å². The molecule has 0 aromatic heterocycles. The molecule has 0 saturated carbocycles. The van der Waals surface area contributed by atoms with E-state index in [9.17, 15) is 13.5 Å². The molecule has 1 N–H and O–H groups in total. The van der Waals surface area contributed by atoms with Gasteiger partial charge in [0.25, 0.3) is 10.0 Å². The van der Waals surface area contributed by atoms with Gasteiger partial charge in [-0.05, 0) is 68.4 Å². The summed E-state index contributed by atoms with van der Waals surface area (Å²) in [7, 11) is -6.61. The number of hydrogen-bond donors (Lipinski definition) is 1. The van der Waals surface area contributed by atoms with E-state index in [4.69, 9.17) is 0 Å². The van der Waals surface area contributed by atoms with Gasteiger partial charge in [0, 0.05) is 5.56 Å². The summed E-state index contributed by atoms with van der Waals surface area (Å²) in [6.45, 7) is 3.92. The fourth-order valence-electron chi connectivity index (χ4n) is 6.27. The maximum absolute atomic E-state index is 14.4. The molecule has 5 aromatic carbocycles. The minimum Gasteiger partial charge on any atom is -0.381 e. The molecule has 0 radical (unpaired) electrons. The molecule has 4 nitrogen and oxygen atoms in total. The monoisotopic (exact) mass is 578 g/mol. The first kappa shape index (κ1) is 27.4. The Morgan fingerprint density at radius 3 is 1.61 bits per heavy atom. The first-order valence-electron chi connectivity index (χ1n) is 13.7. The molecule has 2 atom stereocenters. The van der Waals surface area contributed by atoms with Crippen molar-refractivity contribution in [1.29, 1.82) is 0 Å². The molecule has 41 heavy (non-hydrogen) atoms. The number of benzene rings is 5. The first-order chi connectivity index (χ1) is 19.8. The van der Waals surface area contributed by atoms with E-state index in [1.165, 1.54) is 4.31 Å². The largest absolute Gasteiger partial charge is 0.381 e. The van der Waals surface area contributed by atoms with Gasteiger partial charge in [-0.15, -0.1) is 0 Å². The standard InChI is InChI=1S/C35H33NO3PS/c1-27-22-24-31(25-23-27)41(38,39)36-26-34(35(2,37)32-20-12-13-21-33(32)36)40(28-14-6-3-7-15-28,29-16-8-4-9-17-29)30-18-10-5-11-19-30/h3-25,34,37H,26H2,1-2H3/q+1. The molecular formula is C35H33NO3PS+. The van der Waals surface area contributed by atoms with Crippen molar-refractivity contribution in [2.45, 2.75) is 30.0 Å². The maximum Gasteiger partial charge on any atom is 0.264 e. The van der Waals surface area contributed by atoms with Gasteiger partial charge < -0.3 is 5.11 Å². The first-order valence-corrected chi connectivity index (χ1v) is 17.0. The van der Waals surface area contributed by atoms with Crippen molar-refractivity contribution in [3.63, 3.8) is 0 Å². The number of hydrogen-bond acceptors (Lipinski definition) is 3. The van der Waals surface area contributed by atoms with Crippen LogP contribution in [0.1, 0.15) is 18.1 Å². The second-order valence-corrected chi connectivity index (χ2v) is 16.2. The Hall–Kier alpha value is -3.76. The van der Waals surface area contributed by atoms with Crippen LogP contribution in [0.25, 0.3) is 0 Å². The number of aryl methyl sites for hydroxylation is 1. The van der Waals surface area contributed by atoms with Crippen molar-refractivity contribution in [1.82, 2.24) is 0 Å². The van der Waals surface area contributed by atoms with Gasteiger partial charge in [0.2, 0.25) is 0 Å². The molecule has 0 aliphatic carbocycles. The average Bonchev–Trinajstić information content (AvgIpc) is 3.00. The number of fused-ring (bicyclic) bond motifs is 1. The Balaban J connectivity index is 1.68. The molecule has 6 rings (SSSR count). The third-order valence-corrected chi connectivity index (χ3v) is 15.0. The SMILES string of the molecule is Cc1ccc(S(=O)(=O)N2CC([P+](c3ccccc3)(c3ccccc3)c3ccccc3)C(C)(O)c3ccccc32)cc1. The van der Waals surface area contributed by atoms with Crippen LogP contribution in [-0.4, -0.2) is 25.7 Å². The van der Waals surface area contributed by atoms with Crippen LogP contribution in [0, 0.1) is 6.92 Å². The van der Waals surface area contributed by atoms with Crippen LogP contribution >= 0.6 is 7.26 Å². The third kappa shape index (κ3) is 4.49. The lowest BCUT2D eigenvalue weighted by Gasteiger charge is -2.48. The van der Waals surface area contributed by atoms with Crippen LogP contribution in [0.15, 0.2) is 144 Å². The number of nitrogens with zero attached hydrogens (tertiary/aromatic N) is 1. The highest BCUT2D eigenvalue weighted by atomic mass is 32.2. The van der Waals surface area contributed by atoms with E-state index >= 15 is 0 Å². The van der Waals surface area contributed by atoms with E-state index in [1.54, 1.807) is 18.2 Å². The van der Waals surface area contributed by atoms with Gasteiger partial charge in [-0.2, -0.15) is 0 Å². The molecule has 0 amide bonds. The van der Waals surface area contributed by atoms with Crippen LogP contribution in [-0.2, 0) is 15.6 Å². The van der Waals surface area contributed by atoms with Gasteiger partial charge >= 0.3 is 0 Å². The lowest BCUT2D eigenvalue weighted by Crippen LogP contribution is -2.57. The zero-order valence-corrected chi connectivity index (χ0v) is 24.8. The molecule has 0 fully saturated rings. The molecule has 1 aliphatic heterocycles. The Morgan fingerprint density at radius 1 is 0.683 bits per heavy atom. The minimum absolute atomic E-state index is 0.118. The lowest BCUT2D eigenvalue weighted by atomic mass is 9.87. The maximum atomic E-state index is 14.4. The number of sulfonamides is 1. The fourth-order valence-corrected chi connectivity index (χ4v) is 13.1. The summed E-state index contributed by atoms with van der Waals surface area (Å²) < 4.78 is 30.3. The van der Waals surface area contributed by atoms with Crippen molar-refractivity contribution in [2.24, 2.45) is 0 Å². The topological polar surface area (TPSA) is 57.6 Å². The van der Waals surface area contributed by atoms with E-state index in [-0.39, 0.29) is 11.4 Å². The third-order valence-electron chi connectivity index (χ3n) is 8.27. The molecule has 6 heteroatoms. The molecule has 0 saturated heterocycles.